The highest BCUT2D eigenvalue weighted by Gasteiger charge is 2.55. The number of allylic oxidation sites excluding steroid dienone is 1. The van der Waals surface area contributed by atoms with E-state index in [1.54, 1.807) is 0 Å². The minimum Gasteiger partial charge on any atom is -0.462 e. The van der Waals surface area contributed by atoms with Gasteiger partial charge in [-0.05, 0) is 74.5 Å². The van der Waals surface area contributed by atoms with Crippen LogP contribution in [0.4, 0.5) is 5.69 Å². The number of hydrogen-bond acceptors (Lipinski definition) is 4. The second-order valence-corrected chi connectivity index (χ2v) is 10.9. The number of hydrogen-bond donors (Lipinski definition) is 0. The van der Waals surface area contributed by atoms with E-state index in [-0.39, 0.29) is 23.4 Å². The van der Waals surface area contributed by atoms with Crippen molar-refractivity contribution in [3.05, 3.63) is 41.5 Å². The number of ether oxygens (including phenoxy) is 1. The van der Waals surface area contributed by atoms with Gasteiger partial charge in [0.05, 0.1) is 5.92 Å². The smallest absolute Gasteiger partial charge is 0.310 e. The van der Waals surface area contributed by atoms with Gasteiger partial charge in [0.1, 0.15) is 6.10 Å². The summed E-state index contributed by atoms with van der Waals surface area (Å²) in [4.78, 5) is 17.9. The van der Waals surface area contributed by atoms with Crippen LogP contribution in [0.1, 0.15) is 50.2 Å². The molecule has 0 radical (unpaired) electrons. The standard InChI is InChI=1S/C27H38N2O2/c1-18-7-5-9-24(20(18)3)29-13-11-28(12-14-29)17-22-21-15-23-19(2)8-6-10-27(23,4)16-25(21)31-26(22)30/h5,7,9,21-23,25H,2,6,8,10-17H2,1,3-4H3/t21-,22+,23-,25+,27+/m0/s1. The predicted molar refractivity (Wildman–Crippen MR) is 125 cm³/mol. The maximum atomic E-state index is 12.9. The Morgan fingerprint density at radius 1 is 1.19 bits per heavy atom. The van der Waals surface area contributed by atoms with Gasteiger partial charge in [0.2, 0.25) is 0 Å². The Hall–Kier alpha value is -1.81. The van der Waals surface area contributed by atoms with E-state index >= 15 is 0 Å². The van der Waals surface area contributed by atoms with Crippen molar-refractivity contribution in [3.63, 3.8) is 0 Å². The number of carbonyl (C=O) groups is 1. The number of carbonyl (C=O) groups excluding carboxylic acids is 1. The molecule has 2 aliphatic heterocycles. The van der Waals surface area contributed by atoms with Gasteiger partial charge >= 0.3 is 5.97 Å². The predicted octanol–water partition coefficient (Wildman–Crippen LogP) is 4.74. The molecule has 0 aromatic heterocycles. The molecule has 2 heterocycles. The summed E-state index contributed by atoms with van der Waals surface area (Å²) >= 11 is 0. The van der Waals surface area contributed by atoms with E-state index in [9.17, 15) is 4.79 Å². The highest BCUT2D eigenvalue weighted by atomic mass is 16.6. The molecule has 2 aliphatic carbocycles. The topological polar surface area (TPSA) is 32.8 Å². The normalized spacial score (nSPS) is 36.2. The first-order chi connectivity index (χ1) is 14.9. The molecule has 0 N–H and O–H groups in total. The summed E-state index contributed by atoms with van der Waals surface area (Å²) in [5.74, 6) is 1.04. The lowest BCUT2D eigenvalue weighted by molar-refractivity contribution is -0.146. The van der Waals surface area contributed by atoms with Gasteiger partial charge in [0.15, 0.2) is 0 Å². The second-order valence-electron chi connectivity index (χ2n) is 10.9. The zero-order valence-electron chi connectivity index (χ0n) is 19.5. The monoisotopic (exact) mass is 422 g/mol. The van der Waals surface area contributed by atoms with Crippen LogP contribution in [-0.2, 0) is 9.53 Å². The van der Waals surface area contributed by atoms with Crippen molar-refractivity contribution < 1.29 is 9.53 Å². The van der Waals surface area contributed by atoms with Gasteiger partial charge in [0.25, 0.3) is 0 Å². The third-order valence-corrected chi connectivity index (χ3v) is 9.06. The lowest BCUT2D eigenvalue weighted by Crippen LogP contribution is -2.50. The summed E-state index contributed by atoms with van der Waals surface area (Å²) in [7, 11) is 0. The van der Waals surface area contributed by atoms with E-state index in [1.807, 2.05) is 0 Å². The number of fused-ring (bicyclic) bond motifs is 2. The Labute approximate surface area is 187 Å². The summed E-state index contributed by atoms with van der Waals surface area (Å²) in [6.07, 6.45) is 5.91. The van der Waals surface area contributed by atoms with Crippen LogP contribution >= 0.6 is 0 Å². The first-order valence-electron chi connectivity index (χ1n) is 12.3. The molecule has 168 valence electrons. The van der Waals surface area contributed by atoms with Crippen molar-refractivity contribution in [2.24, 2.45) is 23.2 Å². The van der Waals surface area contributed by atoms with Crippen molar-refractivity contribution >= 4 is 11.7 Å². The first-order valence-corrected chi connectivity index (χ1v) is 12.3. The fraction of sp³-hybridized carbons (Fsp3) is 0.667. The largest absolute Gasteiger partial charge is 0.462 e. The molecule has 1 aromatic rings. The molecule has 4 fully saturated rings. The second kappa shape index (κ2) is 7.95. The lowest BCUT2D eigenvalue weighted by atomic mass is 9.55. The zero-order chi connectivity index (χ0) is 21.8. The van der Waals surface area contributed by atoms with Crippen LogP contribution < -0.4 is 4.90 Å². The van der Waals surface area contributed by atoms with Crippen LogP contribution in [-0.4, -0.2) is 49.7 Å². The van der Waals surface area contributed by atoms with E-state index < -0.39 is 0 Å². The molecular weight excluding hydrogens is 384 g/mol. The van der Waals surface area contributed by atoms with Crippen molar-refractivity contribution in [2.75, 3.05) is 37.6 Å². The number of esters is 1. The fourth-order valence-electron chi connectivity index (χ4n) is 6.99. The van der Waals surface area contributed by atoms with Crippen molar-refractivity contribution in [1.82, 2.24) is 4.90 Å². The molecule has 2 saturated heterocycles. The van der Waals surface area contributed by atoms with Gasteiger partial charge in [-0.1, -0.05) is 31.2 Å². The van der Waals surface area contributed by atoms with Crippen LogP contribution in [0.5, 0.6) is 0 Å². The first kappa shape index (κ1) is 21.1. The van der Waals surface area contributed by atoms with Crippen LogP contribution in [0, 0.1) is 37.0 Å². The van der Waals surface area contributed by atoms with E-state index in [4.69, 9.17) is 4.74 Å². The maximum Gasteiger partial charge on any atom is 0.310 e. The molecule has 0 spiro atoms. The van der Waals surface area contributed by atoms with E-state index in [0.717, 1.165) is 52.0 Å². The third-order valence-electron chi connectivity index (χ3n) is 9.06. The molecule has 31 heavy (non-hydrogen) atoms. The Kier molecular flexibility index (Phi) is 5.40. The van der Waals surface area contributed by atoms with Gasteiger partial charge in [0, 0.05) is 44.3 Å². The van der Waals surface area contributed by atoms with Gasteiger partial charge in [-0.15, -0.1) is 0 Å². The summed E-state index contributed by atoms with van der Waals surface area (Å²) in [5.41, 5.74) is 5.81. The Morgan fingerprint density at radius 2 is 1.97 bits per heavy atom. The van der Waals surface area contributed by atoms with Gasteiger partial charge in [-0.2, -0.15) is 0 Å². The molecule has 5 atom stereocenters. The minimum absolute atomic E-state index is 0.0385. The minimum atomic E-state index is 0.0385. The molecule has 0 bridgehead atoms. The molecule has 1 aromatic carbocycles. The highest BCUT2D eigenvalue weighted by molar-refractivity contribution is 5.75. The summed E-state index contributed by atoms with van der Waals surface area (Å²) in [6.45, 7) is 16.2. The molecule has 4 aliphatic rings. The molecule has 4 nitrogen and oxygen atoms in total. The van der Waals surface area contributed by atoms with Crippen LogP contribution in [0.2, 0.25) is 0 Å². The average Bonchev–Trinajstić information content (AvgIpc) is 3.03. The van der Waals surface area contributed by atoms with Gasteiger partial charge in [-0.3, -0.25) is 9.69 Å². The molecule has 2 saturated carbocycles. The van der Waals surface area contributed by atoms with Gasteiger partial charge in [-0.25, -0.2) is 0 Å². The Morgan fingerprint density at radius 3 is 2.74 bits per heavy atom. The maximum absolute atomic E-state index is 12.9. The third kappa shape index (κ3) is 3.71. The Balaban J connectivity index is 1.23. The number of nitrogens with zero attached hydrogens (tertiary/aromatic N) is 2. The zero-order valence-corrected chi connectivity index (χ0v) is 19.5. The van der Waals surface area contributed by atoms with Crippen LogP contribution in [0.15, 0.2) is 30.4 Å². The molecule has 0 amide bonds. The molecule has 0 unspecified atom stereocenters. The summed E-state index contributed by atoms with van der Waals surface area (Å²) in [5, 5.41) is 0. The fourth-order valence-corrected chi connectivity index (χ4v) is 6.99. The number of anilines is 1. The average molecular weight is 423 g/mol. The number of benzene rings is 1. The van der Waals surface area contributed by atoms with E-state index in [1.165, 1.54) is 35.2 Å². The van der Waals surface area contributed by atoms with E-state index in [2.05, 4.69) is 55.3 Å². The molecule has 4 heteroatoms. The summed E-state index contributed by atoms with van der Waals surface area (Å²) in [6, 6.07) is 6.59. The molecule has 5 rings (SSSR count). The quantitative estimate of drug-likeness (QED) is 0.520. The van der Waals surface area contributed by atoms with Gasteiger partial charge < -0.3 is 9.64 Å². The number of piperazine rings is 1. The highest BCUT2D eigenvalue weighted by Crippen LogP contribution is 2.56. The SMILES string of the molecule is C=C1CCC[C@]2(C)C[C@H]3OC(=O)[C@H](CN4CCN(c5cccc(C)c5C)CC4)[C@@H]3C[C@@H]12. The van der Waals surface area contributed by atoms with Crippen molar-refractivity contribution in [3.8, 4) is 0 Å². The van der Waals surface area contributed by atoms with Crippen molar-refractivity contribution in [2.45, 2.75) is 59.0 Å². The van der Waals surface area contributed by atoms with Crippen LogP contribution in [0.3, 0.4) is 0 Å². The van der Waals surface area contributed by atoms with Crippen molar-refractivity contribution in [1.29, 1.82) is 0 Å². The van der Waals surface area contributed by atoms with Crippen LogP contribution in [0.25, 0.3) is 0 Å². The molecular formula is C27H38N2O2. The lowest BCUT2D eigenvalue weighted by Gasteiger charge is -2.50. The number of rotatable bonds is 3. The summed E-state index contributed by atoms with van der Waals surface area (Å²) < 4.78 is 5.98. The van der Waals surface area contributed by atoms with E-state index in [0.29, 0.717) is 11.8 Å². The Bertz CT molecular complexity index is 872. The number of aryl methyl sites for hydroxylation is 1.